The smallest absolute Gasteiger partial charge is 0.214 e. The lowest BCUT2D eigenvalue weighted by molar-refractivity contribution is 0.329. The van der Waals surface area contributed by atoms with Crippen LogP contribution in [0.1, 0.15) is 12.8 Å². The van der Waals surface area contributed by atoms with Crippen LogP contribution >= 0.6 is 11.6 Å². The Hall–Kier alpha value is -0.960. The first kappa shape index (κ1) is 11.5. The van der Waals surface area contributed by atoms with E-state index in [4.69, 9.17) is 16.3 Å². The Labute approximate surface area is 101 Å². The van der Waals surface area contributed by atoms with Crippen molar-refractivity contribution in [2.45, 2.75) is 18.2 Å². The number of nitrogens with zero attached hydrogens (tertiary/aromatic N) is 2. The number of pyridine rings is 1. The lowest BCUT2D eigenvalue weighted by Gasteiger charge is -2.34. The molecule has 1 saturated carbocycles. The Balaban J connectivity index is 1.94. The zero-order valence-corrected chi connectivity index (χ0v) is 10.4. The van der Waals surface area contributed by atoms with Crippen molar-refractivity contribution in [2.24, 2.45) is 5.92 Å². The van der Waals surface area contributed by atoms with Gasteiger partial charge in [-0.1, -0.05) is 0 Å². The van der Waals surface area contributed by atoms with E-state index in [1.807, 2.05) is 12.1 Å². The van der Waals surface area contributed by atoms with Crippen molar-refractivity contribution in [3.8, 4) is 5.88 Å². The minimum Gasteiger partial charge on any atom is -0.481 e. The van der Waals surface area contributed by atoms with E-state index in [1.165, 1.54) is 0 Å². The van der Waals surface area contributed by atoms with Gasteiger partial charge in [0.1, 0.15) is 0 Å². The summed E-state index contributed by atoms with van der Waals surface area (Å²) in [5, 5.41) is 0.394. The van der Waals surface area contributed by atoms with E-state index in [9.17, 15) is 0 Å². The molecular formula is C12H17ClN2O. The normalized spacial score (nSPS) is 23.7. The van der Waals surface area contributed by atoms with Crippen molar-refractivity contribution in [1.82, 2.24) is 4.98 Å². The summed E-state index contributed by atoms with van der Waals surface area (Å²) in [4.78, 5) is 6.33. The van der Waals surface area contributed by atoms with Crippen molar-refractivity contribution in [3.05, 3.63) is 18.3 Å². The molecule has 1 aliphatic rings. The molecule has 0 N–H and O–H groups in total. The van der Waals surface area contributed by atoms with Gasteiger partial charge >= 0.3 is 0 Å². The second-order valence-corrected chi connectivity index (χ2v) is 4.99. The van der Waals surface area contributed by atoms with Crippen LogP contribution in [-0.4, -0.2) is 31.1 Å². The Morgan fingerprint density at radius 1 is 1.56 bits per heavy atom. The van der Waals surface area contributed by atoms with Gasteiger partial charge in [0.15, 0.2) is 0 Å². The molecule has 0 unspecified atom stereocenters. The van der Waals surface area contributed by atoms with Crippen LogP contribution in [0.5, 0.6) is 5.88 Å². The third kappa shape index (κ3) is 2.59. The number of aromatic nitrogens is 1. The van der Waals surface area contributed by atoms with Crippen molar-refractivity contribution < 1.29 is 4.74 Å². The summed E-state index contributed by atoms with van der Waals surface area (Å²) in [6.07, 6.45) is 4.04. The van der Waals surface area contributed by atoms with Gasteiger partial charge in [-0.3, -0.25) is 0 Å². The number of methoxy groups -OCH3 is 1. The lowest BCUT2D eigenvalue weighted by atomic mass is 9.84. The summed E-state index contributed by atoms with van der Waals surface area (Å²) in [6, 6.07) is 3.95. The molecule has 0 amide bonds. The predicted molar refractivity (Wildman–Crippen MR) is 66.4 cm³/mol. The summed E-state index contributed by atoms with van der Waals surface area (Å²) in [6.45, 7) is 1.05. The van der Waals surface area contributed by atoms with E-state index in [0.29, 0.717) is 11.3 Å². The molecule has 0 aromatic carbocycles. The Morgan fingerprint density at radius 2 is 2.31 bits per heavy atom. The number of alkyl halides is 1. The average Bonchev–Trinajstić information content (AvgIpc) is 2.27. The molecule has 1 aromatic heterocycles. The van der Waals surface area contributed by atoms with Gasteiger partial charge in [-0.25, -0.2) is 4.98 Å². The molecule has 0 spiro atoms. The van der Waals surface area contributed by atoms with E-state index in [0.717, 1.165) is 31.0 Å². The van der Waals surface area contributed by atoms with Gasteiger partial charge in [0.25, 0.3) is 0 Å². The van der Waals surface area contributed by atoms with Crippen LogP contribution in [0.4, 0.5) is 5.69 Å². The highest BCUT2D eigenvalue weighted by Gasteiger charge is 2.28. The molecule has 0 atom stereocenters. The van der Waals surface area contributed by atoms with Gasteiger partial charge < -0.3 is 9.64 Å². The fraction of sp³-hybridized carbons (Fsp3) is 0.583. The third-order valence-electron chi connectivity index (χ3n) is 3.08. The first-order valence-electron chi connectivity index (χ1n) is 5.54. The number of rotatable bonds is 4. The lowest BCUT2D eigenvalue weighted by Crippen LogP contribution is -2.34. The fourth-order valence-corrected chi connectivity index (χ4v) is 2.55. The maximum Gasteiger partial charge on any atom is 0.214 e. The van der Waals surface area contributed by atoms with Gasteiger partial charge in [0.2, 0.25) is 5.88 Å². The highest BCUT2D eigenvalue weighted by Crippen LogP contribution is 2.33. The topological polar surface area (TPSA) is 25.4 Å². The minimum atomic E-state index is 0.394. The second kappa shape index (κ2) is 4.91. The van der Waals surface area contributed by atoms with E-state index in [2.05, 4.69) is 16.9 Å². The Bertz CT molecular complexity index is 353. The van der Waals surface area contributed by atoms with Crippen molar-refractivity contribution in [2.75, 3.05) is 25.6 Å². The average molecular weight is 241 g/mol. The summed E-state index contributed by atoms with van der Waals surface area (Å²) >= 11 is 5.97. The first-order valence-corrected chi connectivity index (χ1v) is 5.98. The van der Waals surface area contributed by atoms with Gasteiger partial charge in [-0.15, -0.1) is 11.6 Å². The molecule has 0 saturated heterocycles. The molecule has 0 bridgehead atoms. The van der Waals surface area contributed by atoms with Gasteiger partial charge in [-0.2, -0.15) is 0 Å². The zero-order chi connectivity index (χ0) is 11.5. The SMILES string of the molecule is COc1cc(N(C)CC2CC(Cl)C2)ccn1. The Kier molecular flexibility index (Phi) is 3.54. The van der Waals surface area contributed by atoms with E-state index in [1.54, 1.807) is 13.3 Å². The van der Waals surface area contributed by atoms with Crippen molar-refractivity contribution in [1.29, 1.82) is 0 Å². The van der Waals surface area contributed by atoms with Crippen LogP contribution < -0.4 is 9.64 Å². The van der Waals surface area contributed by atoms with Gasteiger partial charge in [0, 0.05) is 36.9 Å². The molecule has 4 heteroatoms. The van der Waals surface area contributed by atoms with E-state index in [-0.39, 0.29) is 0 Å². The predicted octanol–water partition coefficient (Wildman–Crippen LogP) is 2.54. The molecular weight excluding hydrogens is 224 g/mol. The minimum absolute atomic E-state index is 0.394. The Morgan fingerprint density at radius 3 is 2.94 bits per heavy atom. The molecule has 2 rings (SSSR count). The second-order valence-electron chi connectivity index (χ2n) is 4.37. The highest BCUT2D eigenvalue weighted by atomic mass is 35.5. The quantitative estimate of drug-likeness (QED) is 0.757. The number of halogens is 1. The standard InChI is InChI=1S/C12H17ClN2O/c1-15(8-9-5-10(13)6-9)11-3-4-14-12(7-11)16-2/h3-4,7,9-10H,5-6,8H2,1-2H3. The van der Waals surface area contributed by atoms with Gasteiger partial charge in [-0.05, 0) is 24.8 Å². The molecule has 1 aromatic rings. The molecule has 0 radical (unpaired) electrons. The fourth-order valence-electron chi connectivity index (χ4n) is 2.04. The van der Waals surface area contributed by atoms with Crippen LogP contribution in [0.2, 0.25) is 0 Å². The van der Waals surface area contributed by atoms with Crippen LogP contribution in [0.25, 0.3) is 0 Å². The number of anilines is 1. The summed E-state index contributed by atoms with van der Waals surface area (Å²) < 4.78 is 5.11. The first-order chi connectivity index (χ1) is 7.69. The number of ether oxygens (including phenoxy) is 1. The molecule has 1 heterocycles. The van der Waals surface area contributed by atoms with Crippen molar-refractivity contribution >= 4 is 17.3 Å². The van der Waals surface area contributed by atoms with E-state index < -0.39 is 0 Å². The zero-order valence-electron chi connectivity index (χ0n) is 9.69. The summed E-state index contributed by atoms with van der Waals surface area (Å²) in [5.74, 6) is 1.39. The largest absolute Gasteiger partial charge is 0.481 e. The van der Waals surface area contributed by atoms with Crippen LogP contribution in [0.3, 0.4) is 0 Å². The monoisotopic (exact) mass is 240 g/mol. The van der Waals surface area contributed by atoms with Crippen molar-refractivity contribution in [3.63, 3.8) is 0 Å². The van der Waals surface area contributed by atoms with Crippen LogP contribution in [0.15, 0.2) is 18.3 Å². The molecule has 88 valence electrons. The maximum absolute atomic E-state index is 5.97. The number of hydrogen-bond acceptors (Lipinski definition) is 3. The van der Waals surface area contributed by atoms with Gasteiger partial charge in [0.05, 0.1) is 7.11 Å². The third-order valence-corrected chi connectivity index (χ3v) is 3.43. The molecule has 1 aliphatic carbocycles. The highest BCUT2D eigenvalue weighted by molar-refractivity contribution is 6.21. The number of hydrogen-bond donors (Lipinski definition) is 0. The molecule has 3 nitrogen and oxygen atoms in total. The van der Waals surface area contributed by atoms with Crippen LogP contribution in [0, 0.1) is 5.92 Å². The molecule has 1 fully saturated rings. The molecule has 0 aliphatic heterocycles. The van der Waals surface area contributed by atoms with E-state index >= 15 is 0 Å². The van der Waals surface area contributed by atoms with Crippen LogP contribution in [-0.2, 0) is 0 Å². The summed E-state index contributed by atoms with van der Waals surface area (Å²) in [7, 11) is 3.73. The molecule has 16 heavy (non-hydrogen) atoms. The maximum atomic E-state index is 5.97. The summed E-state index contributed by atoms with van der Waals surface area (Å²) in [5.41, 5.74) is 1.14.